The molecule has 2 fully saturated rings. The van der Waals surface area contributed by atoms with Gasteiger partial charge in [0.05, 0.1) is 0 Å². The van der Waals surface area contributed by atoms with Crippen LogP contribution < -0.4 is 16.0 Å². The first-order chi connectivity index (χ1) is 16.1. The van der Waals surface area contributed by atoms with E-state index in [-0.39, 0.29) is 24.1 Å². The van der Waals surface area contributed by atoms with Crippen LogP contribution in [0.25, 0.3) is 0 Å². The first-order valence-electron chi connectivity index (χ1n) is 11.6. The monoisotopic (exact) mass is 447 g/mol. The Balaban J connectivity index is 1.23. The van der Waals surface area contributed by atoms with E-state index < -0.39 is 6.04 Å². The van der Waals surface area contributed by atoms with Crippen molar-refractivity contribution < 1.29 is 14.4 Å². The highest BCUT2D eigenvalue weighted by molar-refractivity contribution is 6.06. The number of nitrogens with one attached hydrogen (secondary N) is 3. The average molecular weight is 448 g/mol. The summed E-state index contributed by atoms with van der Waals surface area (Å²) in [5, 5.41) is 9.20. The van der Waals surface area contributed by atoms with Gasteiger partial charge in [-0.05, 0) is 29.7 Å². The van der Waals surface area contributed by atoms with Gasteiger partial charge in [0.1, 0.15) is 6.04 Å². The summed E-state index contributed by atoms with van der Waals surface area (Å²) < 4.78 is 0. The average Bonchev–Trinajstić information content (AvgIpc) is 3.16. The second-order valence-corrected chi connectivity index (χ2v) is 8.93. The fourth-order valence-corrected chi connectivity index (χ4v) is 4.84. The zero-order chi connectivity index (χ0) is 22.8. The van der Waals surface area contributed by atoms with Gasteiger partial charge in [0.25, 0.3) is 5.91 Å². The molecule has 0 spiro atoms. The highest BCUT2D eigenvalue weighted by Crippen LogP contribution is 2.32. The molecule has 2 aromatic carbocycles. The van der Waals surface area contributed by atoms with Gasteiger partial charge in [-0.25, -0.2) is 0 Å². The maximum atomic E-state index is 13.0. The molecule has 0 aliphatic carbocycles. The number of nitrogens with zero attached hydrogens (tertiary/aromatic N) is 2. The molecule has 3 aliphatic heterocycles. The third kappa shape index (κ3) is 4.62. The SMILES string of the molecule is O=C1CCC(N2Cc3c(NCc4ccc(CN5CCNCC5)cc4)cccc3C2=O)C(=O)N1. The quantitative estimate of drug-likeness (QED) is 0.581. The number of rotatable bonds is 6. The Bertz CT molecular complexity index is 1060. The number of hydrogen-bond acceptors (Lipinski definition) is 6. The fraction of sp³-hybridized carbons (Fsp3) is 0.400. The molecular formula is C25H29N5O3. The molecule has 8 heteroatoms. The molecule has 3 N–H and O–H groups in total. The minimum atomic E-state index is -0.598. The first-order valence-corrected chi connectivity index (χ1v) is 11.6. The van der Waals surface area contributed by atoms with E-state index in [1.54, 1.807) is 11.0 Å². The number of piperazine rings is 1. The van der Waals surface area contributed by atoms with E-state index in [0.29, 0.717) is 25.1 Å². The molecule has 2 saturated heterocycles. The fourth-order valence-electron chi connectivity index (χ4n) is 4.84. The molecule has 3 amide bonds. The number of hydrogen-bond donors (Lipinski definition) is 3. The lowest BCUT2D eigenvalue weighted by Gasteiger charge is -2.29. The van der Waals surface area contributed by atoms with E-state index in [1.165, 1.54) is 11.1 Å². The zero-order valence-electron chi connectivity index (χ0n) is 18.6. The van der Waals surface area contributed by atoms with Crippen molar-refractivity contribution >= 4 is 23.4 Å². The van der Waals surface area contributed by atoms with Gasteiger partial charge in [-0.1, -0.05) is 30.3 Å². The number of carbonyl (C=O) groups excluding carboxylic acids is 3. The Labute approximate surface area is 193 Å². The van der Waals surface area contributed by atoms with Crippen LogP contribution in [-0.2, 0) is 29.2 Å². The second kappa shape index (κ2) is 9.33. The van der Waals surface area contributed by atoms with Crippen LogP contribution in [0.1, 0.15) is 39.9 Å². The molecule has 3 aliphatic rings. The Kier molecular flexibility index (Phi) is 6.11. The molecule has 0 bridgehead atoms. The molecule has 3 heterocycles. The molecule has 1 unspecified atom stereocenters. The predicted molar refractivity (Wildman–Crippen MR) is 124 cm³/mol. The van der Waals surface area contributed by atoms with Gasteiger partial charge in [-0.15, -0.1) is 0 Å². The maximum absolute atomic E-state index is 13.0. The van der Waals surface area contributed by atoms with Crippen molar-refractivity contribution in [1.82, 2.24) is 20.4 Å². The lowest BCUT2D eigenvalue weighted by molar-refractivity contribution is -0.136. The van der Waals surface area contributed by atoms with Crippen molar-refractivity contribution in [1.29, 1.82) is 0 Å². The van der Waals surface area contributed by atoms with E-state index in [9.17, 15) is 14.4 Å². The van der Waals surface area contributed by atoms with Crippen molar-refractivity contribution in [2.45, 2.75) is 38.5 Å². The molecule has 0 radical (unpaired) electrons. The smallest absolute Gasteiger partial charge is 0.255 e. The molecule has 0 aromatic heterocycles. The highest BCUT2D eigenvalue weighted by Gasteiger charge is 2.39. The molecule has 0 saturated carbocycles. The Morgan fingerprint density at radius 3 is 2.48 bits per heavy atom. The maximum Gasteiger partial charge on any atom is 0.255 e. The molecule has 5 rings (SSSR count). The number of amides is 3. The standard InChI is InChI=1S/C25H29N5O3/c31-23-9-8-22(24(32)28-23)30-16-20-19(25(30)33)2-1-3-21(20)27-14-17-4-6-18(7-5-17)15-29-12-10-26-11-13-29/h1-7,22,26-27H,8-16H2,(H,28,31,32). The summed E-state index contributed by atoms with van der Waals surface area (Å²) in [4.78, 5) is 40.8. The van der Waals surface area contributed by atoms with Gasteiger partial charge in [0.15, 0.2) is 0 Å². The van der Waals surface area contributed by atoms with Gasteiger partial charge >= 0.3 is 0 Å². The number of anilines is 1. The summed E-state index contributed by atoms with van der Waals surface area (Å²) in [6, 6.07) is 13.7. The minimum absolute atomic E-state index is 0.152. The van der Waals surface area contributed by atoms with E-state index in [2.05, 4.69) is 45.1 Å². The summed E-state index contributed by atoms with van der Waals surface area (Å²) >= 11 is 0. The van der Waals surface area contributed by atoms with E-state index in [4.69, 9.17) is 0 Å². The highest BCUT2D eigenvalue weighted by atomic mass is 16.2. The topological polar surface area (TPSA) is 93.8 Å². The Morgan fingerprint density at radius 1 is 0.970 bits per heavy atom. The molecule has 1 atom stereocenters. The van der Waals surface area contributed by atoms with E-state index in [0.717, 1.165) is 44.0 Å². The first kappa shape index (κ1) is 21.6. The summed E-state index contributed by atoms with van der Waals surface area (Å²) in [5.74, 6) is -0.815. The van der Waals surface area contributed by atoms with Crippen LogP contribution in [0, 0.1) is 0 Å². The van der Waals surface area contributed by atoms with Crippen LogP contribution in [-0.4, -0.2) is 59.7 Å². The third-order valence-corrected chi connectivity index (χ3v) is 6.70. The molecule has 8 nitrogen and oxygen atoms in total. The Morgan fingerprint density at radius 2 is 1.73 bits per heavy atom. The minimum Gasteiger partial charge on any atom is -0.381 e. The third-order valence-electron chi connectivity index (χ3n) is 6.70. The van der Waals surface area contributed by atoms with Crippen LogP contribution in [0.3, 0.4) is 0 Å². The molecular weight excluding hydrogens is 418 g/mol. The van der Waals surface area contributed by atoms with Crippen LogP contribution in [0.2, 0.25) is 0 Å². The van der Waals surface area contributed by atoms with Gasteiger partial charge in [-0.2, -0.15) is 0 Å². The Hall–Kier alpha value is -3.23. The molecule has 33 heavy (non-hydrogen) atoms. The summed E-state index contributed by atoms with van der Waals surface area (Å²) in [6.07, 6.45) is 0.625. The van der Waals surface area contributed by atoms with Crippen LogP contribution >= 0.6 is 0 Å². The number of imide groups is 1. The summed E-state index contributed by atoms with van der Waals surface area (Å²) in [5.41, 5.74) is 4.91. The molecule has 2 aromatic rings. The number of carbonyl (C=O) groups is 3. The van der Waals surface area contributed by atoms with Gasteiger partial charge < -0.3 is 15.5 Å². The predicted octanol–water partition coefficient (Wildman–Crippen LogP) is 1.46. The van der Waals surface area contributed by atoms with E-state index >= 15 is 0 Å². The number of piperidine rings is 1. The normalized spacial score (nSPS) is 21.2. The lowest BCUT2D eigenvalue weighted by Crippen LogP contribution is -2.52. The van der Waals surface area contributed by atoms with Crippen molar-refractivity contribution in [2.75, 3.05) is 31.5 Å². The van der Waals surface area contributed by atoms with E-state index in [1.807, 2.05) is 12.1 Å². The van der Waals surface area contributed by atoms with Crippen LogP contribution in [0.4, 0.5) is 5.69 Å². The van der Waals surface area contributed by atoms with Crippen molar-refractivity contribution in [3.05, 3.63) is 64.7 Å². The summed E-state index contributed by atoms with van der Waals surface area (Å²) in [6.45, 7) is 6.25. The van der Waals surface area contributed by atoms with Crippen molar-refractivity contribution in [3.63, 3.8) is 0 Å². The molecule has 172 valence electrons. The van der Waals surface area contributed by atoms with Crippen molar-refractivity contribution in [2.24, 2.45) is 0 Å². The zero-order valence-corrected chi connectivity index (χ0v) is 18.6. The second-order valence-electron chi connectivity index (χ2n) is 8.93. The number of fused-ring (bicyclic) bond motifs is 1. The van der Waals surface area contributed by atoms with Crippen molar-refractivity contribution in [3.8, 4) is 0 Å². The number of benzene rings is 2. The van der Waals surface area contributed by atoms with Gasteiger partial charge in [0.2, 0.25) is 11.8 Å². The van der Waals surface area contributed by atoms with Gasteiger partial charge in [-0.3, -0.25) is 24.6 Å². The lowest BCUT2D eigenvalue weighted by atomic mass is 10.0. The van der Waals surface area contributed by atoms with Crippen LogP contribution in [0.5, 0.6) is 0 Å². The van der Waals surface area contributed by atoms with Gasteiger partial charge in [0, 0.05) is 69.0 Å². The van der Waals surface area contributed by atoms with Crippen LogP contribution in [0.15, 0.2) is 42.5 Å². The largest absolute Gasteiger partial charge is 0.381 e. The summed E-state index contributed by atoms with van der Waals surface area (Å²) in [7, 11) is 0.